The molecule has 0 saturated carbocycles. The molecule has 14 heteroatoms. The Kier molecular flexibility index (Phi) is 12.6. The quantitative estimate of drug-likeness (QED) is 0.127. The van der Waals surface area contributed by atoms with Crippen LogP contribution >= 0.6 is 11.8 Å². The van der Waals surface area contributed by atoms with E-state index in [4.69, 9.17) is 16.6 Å². The molecule has 0 aliphatic rings. The van der Waals surface area contributed by atoms with E-state index in [2.05, 4.69) is 16.0 Å². The van der Waals surface area contributed by atoms with Gasteiger partial charge in [-0.15, -0.1) is 0 Å². The van der Waals surface area contributed by atoms with Gasteiger partial charge >= 0.3 is 5.97 Å². The van der Waals surface area contributed by atoms with Gasteiger partial charge in [-0.25, -0.2) is 4.79 Å². The highest BCUT2D eigenvalue weighted by atomic mass is 32.2. The molecule has 5 unspecified atom stereocenters. The number of aliphatic carboxylic acids is 1. The monoisotopic (exact) mass is 451 g/mol. The molecule has 0 aliphatic heterocycles. The van der Waals surface area contributed by atoms with Gasteiger partial charge in [0.25, 0.3) is 0 Å². The molecule has 0 aromatic heterocycles. The van der Waals surface area contributed by atoms with Gasteiger partial charge in [0, 0.05) is 0 Å². The number of carbonyl (C=O) groups is 5. The van der Waals surface area contributed by atoms with Crippen molar-refractivity contribution in [3.63, 3.8) is 0 Å². The number of carboxylic acid groups (broad SMARTS) is 1. The van der Waals surface area contributed by atoms with Crippen LogP contribution in [0.2, 0.25) is 0 Å². The predicted molar refractivity (Wildman–Crippen MR) is 107 cm³/mol. The molecule has 0 spiro atoms. The number of carboxylic acids is 1. The number of aliphatic hydroxyl groups is 2. The first-order valence-corrected chi connectivity index (χ1v) is 10.3. The SMILES string of the molecule is CSCCC(NC(=O)C(CO)NC(=O)C(N)CC(N)=O)C(=O)NC(C(=O)O)C(C)O. The summed E-state index contributed by atoms with van der Waals surface area (Å²) in [5, 5.41) is 34.6. The Morgan fingerprint density at radius 3 is 1.97 bits per heavy atom. The van der Waals surface area contributed by atoms with Gasteiger partial charge in [-0.3, -0.25) is 19.2 Å². The number of nitrogens with one attached hydrogen (secondary N) is 3. The van der Waals surface area contributed by atoms with Crippen molar-refractivity contribution in [3.05, 3.63) is 0 Å². The number of hydrogen-bond acceptors (Lipinski definition) is 9. The zero-order valence-electron chi connectivity index (χ0n) is 16.7. The molecule has 30 heavy (non-hydrogen) atoms. The van der Waals surface area contributed by atoms with Crippen molar-refractivity contribution in [2.75, 3.05) is 18.6 Å². The third-order valence-electron chi connectivity index (χ3n) is 3.86. The standard InChI is InChI=1S/C16H29N5O8S/c1-7(23)12(16(28)29)21-14(26)9(3-4-30-2)19-15(27)10(6-22)20-13(25)8(17)5-11(18)24/h7-10,12,22-23H,3-6,17H2,1-2H3,(H2,18,24)(H,19,27)(H,20,25)(H,21,26)(H,28,29). The number of hydrogen-bond donors (Lipinski definition) is 8. The number of nitrogens with two attached hydrogens (primary N) is 2. The van der Waals surface area contributed by atoms with E-state index in [1.807, 2.05) is 0 Å². The van der Waals surface area contributed by atoms with Crippen molar-refractivity contribution < 1.29 is 39.3 Å². The molecule has 0 aromatic rings. The molecule has 0 fully saturated rings. The van der Waals surface area contributed by atoms with Crippen molar-refractivity contribution in [1.29, 1.82) is 0 Å². The lowest BCUT2D eigenvalue weighted by Gasteiger charge is -2.25. The Bertz CT molecular complexity index is 633. The second-order valence-corrected chi connectivity index (χ2v) is 7.41. The van der Waals surface area contributed by atoms with Crippen molar-refractivity contribution in [1.82, 2.24) is 16.0 Å². The summed E-state index contributed by atoms with van der Waals surface area (Å²) in [5.74, 6) is -4.57. The fourth-order valence-corrected chi connectivity index (χ4v) is 2.67. The Morgan fingerprint density at radius 1 is 1.00 bits per heavy atom. The maximum atomic E-state index is 12.4. The highest BCUT2D eigenvalue weighted by Gasteiger charge is 2.31. The summed E-state index contributed by atoms with van der Waals surface area (Å²) in [6.07, 6.45) is 0.00155. The zero-order valence-corrected chi connectivity index (χ0v) is 17.5. The molecule has 0 bridgehead atoms. The largest absolute Gasteiger partial charge is 0.480 e. The molecule has 0 aliphatic carbocycles. The zero-order chi connectivity index (χ0) is 23.4. The first-order chi connectivity index (χ1) is 13.9. The number of rotatable bonds is 14. The van der Waals surface area contributed by atoms with Crippen LogP contribution in [0, 0.1) is 0 Å². The average Bonchev–Trinajstić information content (AvgIpc) is 2.65. The molecule has 0 aromatic carbocycles. The van der Waals surface area contributed by atoms with E-state index < -0.39 is 72.9 Å². The Labute approximate surface area is 177 Å². The van der Waals surface area contributed by atoms with Crippen LogP contribution in [0.3, 0.4) is 0 Å². The summed E-state index contributed by atoms with van der Waals surface area (Å²) in [6, 6.07) is -5.60. The van der Waals surface area contributed by atoms with Crippen LogP contribution in [0.15, 0.2) is 0 Å². The van der Waals surface area contributed by atoms with Gasteiger partial charge in [-0.2, -0.15) is 11.8 Å². The van der Waals surface area contributed by atoms with E-state index in [9.17, 15) is 34.2 Å². The highest BCUT2D eigenvalue weighted by molar-refractivity contribution is 7.98. The van der Waals surface area contributed by atoms with Gasteiger partial charge in [-0.05, 0) is 25.4 Å². The minimum Gasteiger partial charge on any atom is -0.480 e. The summed E-state index contributed by atoms with van der Waals surface area (Å²) >= 11 is 1.36. The number of aliphatic hydroxyl groups excluding tert-OH is 2. The van der Waals surface area contributed by atoms with E-state index in [1.54, 1.807) is 6.26 Å². The first kappa shape index (κ1) is 27.6. The fourth-order valence-electron chi connectivity index (χ4n) is 2.20. The van der Waals surface area contributed by atoms with Crippen LogP contribution < -0.4 is 27.4 Å². The average molecular weight is 452 g/mol. The van der Waals surface area contributed by atoms with E-state index in [-0.39, 0.29) is 6.42 Å². The van der Waals surface area contributed by atoms with E-state index in [1.165, 1.54) is 18.7 Å². The van der Waals surface area contributed by atoms with Gasteiger partial charge in [0.2, 0.25) is 23.6 Å². The second-order valence-electron chi connectivity index (χ2n) is 6.43. The number of carbonyl (C=O) groups excluding carboxylic acids is 4. The molecule has 13 nitrogen and oxygen atoms in total. The normalized spacial score (nSPS) is 15.8. The highest BCUT2D eigenvalue weighted by Crippen LogP contribution is 2.04. The summed E-state index contributed by atoms with van der Waals surface area (Å²) in [7, 11) is 0. The van der Waals surface area contributed by atoms with E-state index in [0.29, 0.717) is 5.75 Å². The van der Waals surface area contributed by atoms with Crippen LogP contribution in [0.5, 0.6) is 0 Å². The molecule has 0 heterocycles. The molecule has 0 rings (SSSR count). The molecule has 10 N–H and O–H groups in total. The number of primary amides is 1. The van der Waals surface area contributed by atoms with Crippen molar-refractivity contribution in [3.8, 4) is 0 Å². The lowest BCUT2D eigenvalue weighted by molar-refractivity contribution is -0.145. The summed E-state index contributed by atoms with van der Waals surface area (Å²) in [4.78, 5) is 58.8. The smallest absolute Gasteiger partial charge is 0.328 e. The summed E-state index contributed by atoms with van der Waals surface area (Å²) in [5.41, 5.74) is 10.4. The molecular weight excluding hydrogens is 422 g/mol. The van der Waals surface area contributed by atoms with Gasteiger partial charge in [0.05, 0.1) is 25.2 Å². The van der Waals surface area contributed by atoms with Crippen LogP contribution in [0.1, 0.15) is 19.8 Å². The second kappa shape index (κ2) is 13.7. The lowest BCUT2D eigenvalue weighted by Crippen LogP contribution is -2.59. The lowest BCUT2D eigenvalue weighted by atomic mass is 10.1. The number of thioether (sulfide) groups is 1. The van der Waals surface area contributed by atoms with E-state index in [0.717, 1.165) is 0 Å². The van der Waals surface area contributed by atoms with Gasteiger partial charge in [0.15, 0.2) is 6.04 Å². The Morgan fingerprint density at radius 2 is 1.53 bits per heavy atom. The van der Waals surface area contributed by atoms with E-state index >= 15 is 0 Å². The van der Waals surface area contributed by atoms with Crippen LogP contribution in [0.25, 0.3) is 0 Å². The summed E-state index contributed by atoms with van der Waals surface area (Å²) in [6.45, 7) is 0.352. The molecule has 0 radical (unpaired) electrons. The molecular formula is C16H29N5O8S. The third kappa shape index (κ3) is 9.87. The third-order valence-corrected chi connectivity index (χ3v) is 4.51. The molecule has 172 valence electrons. The van der Waals surface area contributed by atoms with Gasteiger partial charge in [0.1, 0.15) is 12.1 Å². The van der Waals surface area contributed by atoms with Crippen LogP contribution in [-0.4, -0.2) is 93.8 Å². The minimum atomic E-state index is -1.59. The predicted octanol–water partition coefficient (Wildman–Crippen LogP) is -4.15. The number of amides is 4. The van der Waals surface area contributed by atoms with Crippen molar-refractivity contribution in [2.24, 2.45) is 11.5 Å². The topological polar surface area (TPSA) is 234 Å². The molecule has 5 atom stereocenters. The first-order valence-electron chi connectivity index (χ1n) is 8.90. The van der Waals surface area contributed by atoms with Crippen LogP contribution in [0.4, 0.5) is 0 Å². The maximum absolute atomic E-state index is 12.4. The maximum Gasteiger partial charge on any atom is 0.328 e. The molecule has 0 saturated heterocycles. The van der Waals surface area contributed by atoms with Gasteiger partial charge in [-0.1, -0.05) is 0 Å². The van der Waals surface area contributed by atoms with Gasteiger partial charge < -0.3 is 42.7 Å². The Hall–Kier alpha value is -2.42. The fraction of sp³-hybridized carbons (Fsp3) is 0.688. The van der Waals surface area contributed by atoms with Crippen LogP contribution in [-0.2, 0) is 24.0 Å². The molecule has 4 amide bonds. The Balaban J connectivity index is 5.21. The minimum absolute atomic E-state index is 0.109. The summed E-state index contributed by atoms with van der Waals surface area (Å²) < 4.78 is 0. The van der Waals surface area contributed by atoms with Crippen molar-refractivity contribution in [2.45, 2.75) is 50.0 Å². The van der Waals surface area contributed by atoms with Crippen molar-refractivity contribution >= 4 is 41.4 Å².